The molecule has 224 valence electrons. The summed E-state index contributed by atoms with van der Waals surface area (Å²) >= 11 is 0. The molecule has 44 heavy (non-hydrogen) atoms. The second kappa shape index (κ2) is 11.6. The molecule has 0 saturated carbocycles. The molecule has 5 N–H and O–H groups in total. The van der Waals surface area contributed by atoms with Gasteiger partial charge in [0.1, 0.15) is 11.2 Å². The summed E-state index contributed by atoms with van der Waals surface area (Å²) in [7, 11) is -3.65. The van der Waals surface area contributed by atoms with E-state index in [0.717, 1.165) is 47.1 Å². The molecule has 5 heterocycles. The number of halogens is 1. The average molecular weight is 613 g/mol. The molecular weight excluding hydrogens is 583 g/mol. The van der Waals surface area contributed by atoms with Gasteiger partial charge in [0, 0.05) is 58.7 Å². The van der Waals surface area contributed by atoms with Crippen LogP contribution in [0.4, 0.5) is 10.1 Å². The maximum absolute atomic E-state index is 14.7. The second-order valence-corrected chi connectivity index (χ2v) is 12.8. The SMILES string of the molecule is CCCCC(=O)Nc1cncc(-c2cnc3n[nH]c(-c4cc5c(-c6cc(F)cc(C(N)S(C)(=O)=O)c6)cncc5[nH]4)c3c2)c1. The summed E-state index contributed by atoms with van der Waals surface area (Å²) in [6.07, 6.45) is 11.5. The quantitative estimate of drug-likeness (QED) is 0.166. The zero-order valence-electron chi connectivity index (χ0n) is 23.9. The van der Waals surface area contributed by atoms with Crippen LogP contribution in [0.25, 0.3) is 55.6 Å². The molecular formula is C31H29FN8O3S. The zero-order chi connectivity index (χ0) is 31.0. The molecule has 1 aromatic carbocycles. The Morgan fingerprint density at radius 1 is 0.977 bits per heavy atom. The molecule has 0 aliphatic heterocycles. The van der Waals surface area contributed by atoms with Gasteiger partial charge in [-0.05, 0) is 53.9 Å². The first-order chi connectivity index (χ1) is 21.1. The predicted octanol–water partition coefficient (Wildman–Crippen LogP) is 5.50. The van der Waals surface area contributed by atoms with Gasteiger partial charge in [-0.2, -0.15) is 5.10 Å². The van der Waals surface area contributed by atoms with Gasteiger partial charge in [0.2, 0.25) is 5.91 Å². The lowest BCUT2D eigenvalue weighted by atomic mass is 10.0. The van der Waals surface area contributed by atoms with Gasteiger partial charge in [0.25, 0.3) is 0 Å². The number of carbonyl (C=O) groups is 1. The lowest BCUT2D eigenvalue weighted by molar-refractivity contribution is -0.116. The van der Waals surface area contributed by atoms with Crippen LogP contribution in [0.3, 0.4) is 0 Å². The third-order valence-electron chi connectivity index (χ3n) is 7.36. The number of fused-ring (bicyclic) bond motifs is 2. The van der Waals surface area contributed by atoms with Crippen molar-refractivity contribution < 1.29 is 17.6 Å². The largest absolute Gasteiger partial charge is 0.352 e. The summed E-state index contributed by atoms with van der Waals surface area (Å²) in [5, 5.41) is 10.4. The van der Waals surface area contributed by atoms with Crippen LogP contribution in [0.2, 0.25) is 0 Å². The first-order valence-corrected chi connectivity index (χ1v) is 15.9. The van der Waals surface area contributed by atoms with E-state index in [-0.39, 0.29) is 11.5 Å². The number of aromatic nitrogens is 6. The number of nitrogens with two attached hydrogens (primary N) is 1. The van der Waals surface area contributed by atoms with E-state index >= 15 is 0 Å². The van der Waals surface area contributed by atoms with Crippen molar-refractivity contribution in [1.82, 2.24) is 30.1 Å². The summed E-state index contributed by atoms with van der Waals surface area (Å²) < 4.78 is 38.8. The maximum Gasteiger partial charge on any atom is 0.224 e. The van der Waals surface area contributed by atoms with Crippen molar-refractivity contribution in [3.8, 4) is 33.6 Å². The van der Waals surface area contributed by atoms with Crippen LogP contribution < -0.4 is 11.1 Å². The van der Waals surface area contributed by atoms with E-state index in [2.05, 4.69) is 35.5 Å². The number of nitrogens with one attached hydrogen (secondary N) is 3. The first-order valence-electron chi connectivity index (χ1n) is 13.9. The third kappa shape index (κ3) is 5.79. The van der Waals surface area contributed by atoms with Crippen LogP contribution in [0.1, 0.15) is 37.1 Å². The van der Waals surface area contributed by atoms with Crippen LogP contribution in [-0.4, -0.2) is 50.7 Å². The zero-order valence-corrected chi connectivity index (χ0v) is 24.7. The Morgan fingerprint density at radius 3 is 2.57 bits per heavy atom. The minimum atomic E-state index is -3.65. The predicted molar refractivity (Wildman–Crippen MR) is 168 cm³/mol. The Labute approximate surface area is 252 Å². The van der Waals surface area contributed by atoms with Crippen LogP contribution in [-0.2, 0) is 14.6 Å². The van der Waals surface area contributed by atoms with Gasteiger partial charge in [-0.25, -0.2) is 17.8 Å². The van der Waals surface area contributed by atoms with Crippen molar-refractivity contribution in [2.45, 2.75) is 31.6 Å². The van der Waals surface area contributed by atoms with Crippen molar-refractivity contribution in [3.63, 3.8) is 0 Å². The van der Waals surface area contributed by atoms with E-state index in [4.69, 9.17) is 5.73 Å². The molecule has 6 aromatic rings. The molecule has 0 fully saturated rings. The fourth-order valence-corrected chi connectivity index (χ4v) is 5.72. The number of pyridine rings is 3. The number of hydrogen-bond donors (Lipinski definition) is 4. The fourth-order valence-electron chi connectivity index (χ4n) is 5.08. The number of amides is 1. The fraction of sp³-hybridized carbons (Fsp3) is 0.194. The number of benzene rings is 1. The van der Waals surface area contributed by atoms with Crippen molar-refractivity contribution in [2.75, 3.05) is 11.6 Å². The molecule has 1 unspecified atom stereocenters. The van der Waals surface area contributed by atoms with Gasteiger partial charge in [-0.15, -0.1) is 0 Å². The van der Waals surface area contributed by atoms with Crippen molar-refractivity contribution >= 4 is 43.4 Å². The molecule has 1 amide bonds. The van der Waals surface area contributed by atoms with E-state index in [1.807, 2.05) is 25.1 Å². The van der Waals surface area contributed by atoms with Crippen molar-refractivity contribution in [1.29, 1.82) is 0 Å². The summed E-state index contributed by atoms with van der Waals surface area (Å²) in [4.78, 5) is 28.7. The van der Waals surface area contributed by atoms with E-state index in [1.54, 1.807) is 37.1 Å². The monoisotopic (exact) mass is 612 g/mol. The van der Waals surface area contributed by atoms with E-state index in [9.17, 15) is 17.6 Å². The number of nitrogens with zero attached hydrogens (tertiary/aromatic N) is 4. The minimum Gasteiger partial charge on any atom is -0.352 e. The van der Waals surface area contributed by atoms with Gasteiger partial charge < -0.3 is 16.0 Å². The van der Waals surface area contributed by atoms with E-state index in [1.165, 1.54) is 6.07 Å². The topological polar surface area (TPSA) is 172 Å². The average Bonchev–Trinajstić information content (AvgIpc) is 3.62. The lowest BCUT2D eigenvalue weighted by Crippen LogP contribution is -2.20. The van der Waals surface area contributed by atoms with Crippen LogP contribution in [0, 0.1) is 5.82 Å². The van der Waals surface area contributed by atoms with E-state index < -0.39 is 21.0 Å². The Hall–Kier alpha value is -5.01. The highest BCUT2D eigenvalue weighted by Crippen LogP contribution is 2.35. The molecule has 11 nitrogen and oxygen atoms in total. The Morgan fingerprint density at radius 2 is 1.77 bits per heavy atom. The summed E-state index contributed by atoms with van der Waals surface area (Å²) in [5.41, 5.74) is 11.8. The molecule has 0 bridgehead atoms. The smallest absolute Gasteiger partial charge is 0.224 e. The van der Waals surface area contributed by atoms with Gasteiger partial charge in [-0.1, -0.05) is 13.3 Å². The summed E-state index contributed by atoms with van der Waals surface area (Å²) in [5.74, 6) is -0.668. The molecule has 13 heteroatoms. The number of hydrogen-bond acceptors (Lipinski definition) is 8. The number of unbranched alkanes of at least 4 members (excludes halogenated alkanes) is 1. The molecule has 0 radical (unpaired) electrons. The van der Waals surface area contributed by atoms with Crippen LogP contribution >= 0.6 is 0 Å². The highest BCUT2D eigenvalue weighted by molar-refractivity contribution is 7.90. The highest BCUT2D eigenvalue weighted by atomic mass is 32.2. The number of H-pyrrole nitrogens is 2. The van der Waals surface area contributed by atoms with Crippen molar-refractivity contribution in [3.05, 3.63) is 78.8 Å². The van der Waals surface area contributed by atoms with Crippen LogP contribution in [0.15, 0.2) is 67.4 Å². The molecule has 0 aliphatic carbocycles. The molecule has 0 spiro atoms. The standard InChI is InChI=1S/C31H29FN8O3S/c1-3-4-5-28(41)37-22-9-19(12-34-14-22)20-10-24-29(39-40-31(24)36-13-20)26-11-23-25(15-35-16-27(23)38-26)17-6-18(8-21(32)7-17)30(33)44(2,42)43/h6-16,30,38H,3-5,33H2,1-2H3,(H,37,41)(H,36,39,40). The number of anilines is 1. The molecule has 6 rings (SSSR count). The maximum atomic E-state index is 14.7. The van der Waals surface area contributed by atoms with Gasteiger partial charge in [0.15, 0.2) is 15.5 Å². The first kappa shape index (κ1) is 29.1. The number of aromatic amines is 2. The Bertz CT molecular complexity index is 2140. The molecule has 5 aromatic heterocycles. The lowest BCUT2D eigenvalue weighted by Gasteiger charge is -2.12. The molecule has 1 atom stereocenters. The number of carbonyl (C=O) groups excluding carboxylic acids is 1. The Balaban J connectivity index is 1.38. The van der Waals surface area contributed by atoms with Crippen LogP contribution in [0.5, 0.6) is 0 Å². The molecule has 0 saturated heterocycles. The normalized spacial score (nSPS) is 12.5. The summed E-state index contributed by atoms with van der Waals surface area (Å²) in [6.45, 7) is 2.04. The van der Waals surface area contributed by atoms with Gasteiger partial charge in [0.05, 0.1) is 35.0 Å². The van der Waals surface area contributed by atoms with Gasteiger partial charge in [-0.3, -0.25) is 19.9 Å². The highest BCUT2D eigenvalue weighted by Gasteiger charge is 2.21. The van der Waals surface area contributed by atoms with E-state index in [0.29, 0.717) is 45.8 Å². The Kier molecular flexibility index (Phi) is 7.66. The second-order valence-electron chi connectivity index (χ2n) is 10.7. The van der Waals surface area contributed by atoms with Crippen molar-refractivity contribution in [2.24, 2.45) is 5.73 Å². The van der Waals surface area contributed by atoms with Gasteiger partial charge >= 0.3 is 0 Å². The molecule has 0 aliphatic rings. The minimum absolute atomic E-state index is 0.0584. The number of rotatable bonds is 9. The summed E-state index contributed by atoms with van der Waals surface area (Å²) in [6, 6.07) is 9.69. The third-order valence-corrected chi connectivity index (χ3v) is 8.55. The number of sulfone groups is 1.